The Labute approximate surface area is 237 Å². The number of carbonyl (C=O) groups is 1. The van der Waals surface area contributed by atoms with E-state index in [1.54, 1.807) is 7.11 Å². The number of hydrogen-bond donors (Lipinski definition) is 0. The zero-order valence-electron chi connectivity index (χ0n) is 23.5. The lowest BCUT2D eigenvalue weighted by Crippen LogP contribution is -2.34. The van der Waals surface area contributed by atoms with Crippen LogP contribution in [-0.4, -0.2) is 42.5 Å². The predicted octanol–water partition coefficient (Wildman–Crippen LogP) is 7.08. The number of ether oxygens (including phenoxy) is 2. The first-order valence-electron chi connectivity index (χ1n) is 14.6. The van der Waals surface area contributed by atoms with Gasteiger partial charge in [-0.1, -0.05) is 61.5 Å². The molecule has 2 atom stereocenters. The van der Waals surface area contributed by atoms with Crippen molar-refractivity contribution in [1.82, 2.24) is 9.88 Å². The van der Waals surface area contributed by atoms with E-state index in [0.717, 1.165) is 73.0 Å². The van der Waals surface area contributed by atoms with Crippen molar-refractivity contribution in [2.75, 3.05) is 26.8 Å². The van der Waals surface area contributed by atoms with Crippen molar-refractivity contribution in [3.8, 4) is 11.5 Å². The Kier molecular flexibility index (Phi) is 7.83. The first-order valence-corrected chi connectivity index (χ1v) is 14.6. The first-order chi connectivity index (χ1) is 19.6. The summed E-state index contributed by atoms with van der Waals surface area (Å²) in [6.07, 6.45) is 4.08. The van der Waals surface area contributed by atoms with E-state index in [4.69, 9.17) is 14.5 Å². The molecule has 0 spiro atoms. The van der Waals surface area contributed by atoms with Crippen molar-refractivity contribution < 1.29 is 14.3 Å². The van der Waals surface area contributed by atoms with Crippen molar-refractivity contribution in [3.05, 3.63) is 101 Å². The highest BCUT2D eigenvalue weighted by Crippen LogP contribution is 2.40. The molecule has 0 bridgehead atoms. The molecule has 1 aromatic heterocycles. The quantitative estimate of drug-likeness (QED) is 0.230. The molecule has 1 saturated heterocycles. The maximum atomic E-state index is 13.5. The minimum Gasteiger partial charge on any atom is -0.493 e. The van der Waals surface area contributed by atoms with Crippen LogP contribution in [0.25, 0.3) is 10.9 Å². The number of likely N-dealkylation sites (tertiary alicyclic amines) is 1. The number of nitrogens with zero attached hydrogens (tertiary/aromatic N) is 2. The predicted molar refractivity (Wildman–Crippen MR) is 159 cm³/mol. The zero-order valence-corrected chi connectivity index (χ0v) is 23.5. The van der Waals surface area contributed by atoms with Crippen LogP contribution in [0.1, 0.15) is 59.3 Å². The minimum atomic E-state index is 0.0568. The molecule has 206 valence electrons. The van der Waals surface area contributed by atoms with Crippen LogP contribution in [-0.2, 0) is 13.0 Å². The lowest BCUT2D eigenvalue weighted by Gasteiger charge is -2.32. The summed E-state index contributed by atoms with van der Waals surface area (Å²) in [5, 5.41) is 1.13. The fraction of sp³-hybridized carbons (Fsp3) is 0.371. The summed E-state index contributed by atoms with van der Waals surface area (Å²) < 4.78 is 11.9. The number of ketones is 1. The summed E-state index contributed by atoms with van der Waals surface area (Å²) in [6, 6.07) is 26.9. The van der Waals surface area contributed by atoms with Gasteiger partial charge in [0.05, 0.1) is 19.2 Å². The molecule has 0 N–H and O–H groups in total. The zero-order chi connectivity index (χ0) is 27.5. The van der Waals surface area contributed by atoms with Gasteiger partial charge in [0, 0.05) is 35.0 Å². The van der Waals surface area contributed by atoms with Crippen LogP contribution in [0.15, 0.2) is 78.9 Å². The number of rotatable bonds is 9. The van der Waals surface area contributed by atoms with Crippen LogP contribution in [0.5, 0.6) is 11.5 Å². The number of piperidine rings is 1. The summed E-state index contributed by atoms with van der Waals surface area (Å²) >= 11 is 0. The highest BCUT2D eigenvalue weighted by Gasteiger charge is 2.34. The van der Waals surface area contributed by atoms with Crippen LogP contribution in [0, 0.1) is 11.8 Å². The van der Waals surface area contributed by atoms with Crippen LogP contribution in [0.2, 0.25) is 0 Å². The Hall–Kier alpha value is -3.70. The van der Waals surface area contributed by atoms with Gasteiger partial charge in [0.25, 0.3) is 0 Å². The van der Waals surface area contributed by atoms with E-state index in [-0.39, 0.29) is 17.6 Å². The second-order valence-corrected chi connectivity index (χ2v) is 11.5. The van der Waals surface area contributed by atoms with E-state index in [9.17, 15) is 4.79 Å². The fourth-order valence-electron chi connectivity index (χ4n) is 6.32. The van der Waals surface area contributed by atoms with Crippen molar-refractivity contribution in [2.24, 2.45) is 11.8 Å². The summed E-state index contributed by atoms with van der Waals surface area (Å²) in [5.41, 5.74) is 5.24. The number of fused-ring (bicyclic) bond motifs is 2. The normalized spacial score (nSPS) is 18.6. The van der Waals surface area contributed by atoms with Crippen molar-refractivity contribution >= 4 is 16.7 Å². The minimum absolute atomic E-state index is 0.0568. The monoisotopic (exact) mass is 534 g/mol. The molecule has 0 radical (unpaired) electrons. The van der Waals surface area contributed by atoms with Crippen LogP contribution in [0.3, 0.4) is 0 Å². The van der Waals surface area contributed by atoms with Gasteiger partial charge in [-0.2, -0.15) is 0 Å². The number of pyridine rings is 1. The number of para-hydroxylation sites is 1. The highest BCUT2D eigenvalue weighted by atomic mass is 16.5. The average Bonchev–Trinajstić information content (AvgIpc) is 3.30. The van der Waals surface area contributed by atoms with Crippen molar-refractivity contribution in [3.63, 3.8) is 0 Å². The molecule has 0 amide bonds. The van der Waals surface area contributed by atoms with Crippen molar-refractivity contribution in [2.45, 2.75) is 45.1 Å². The SMILES string of the molecule is COc1cc2c(cc1OCC(C)c1ccc3ccccc3n1)C(=O)C(CC1CCN(Cc3ccccc3)CC1)C2. The molecule has 0 saturated carbocycles. The molecule has 2 unspecified atom stereocenters. The molecule has 3 aromatic carbocycles. The molecule has 5 heteroatoms. The van der Waals surface area contributed by atoms with Gasteiger partial charge in [-0.05, 0) is 80.1 Å². The van der Waals surface area contributed by atoms with Gasteiger partial charge in [-0.3, -0.25) is 14.7 Å². The number of Topliss-reactive ketones (excluding diaryl/α,β-unsaturated/α-hetero) is 1. The van der Waals surface area contributed by atoms with E-state index >= 15 is 0 Å². The third-order valence-corrected chi connectivity index (χ3v) is 8.68. The Morgan fingerprint density at radius 3 is 2.52 bits per heavy atom. The topological polar surface area (TPSA) is 51.7 Å². The number of methoxy groups -OCH3 is 1. The number of carbonyl (C=O) groups excluding carboxylic acids is 1. The Morgan fingerprint density at radius 1 is 0.950 bits per heavy atom. The third kappa shape index (κ3) is 5.75. The van der Waals surface area contributed by atoms with Gasteiger partial charge in [0.15, 0.2) is 17.3 Å². The molecule has 1 fully saturated rings. The van der Waals surface area contributed by atoms with Gasteiger partial charge in [-0.25, -0.2) is 0 Å². The number of benzene rings is 3. The van der Waals surface area contributed by atoms with E-state index in [2.05, 4.69) is 60.4 Å². The molecule has 1 aliphatic heterocycles. The molecule has 1 aliphatic carbocycles. The average molecular weight is 535 g/mol. The maximum absolute atomic E-state index is 13.5. The van der Waals surface area contributed by atoms with Gasteiger partial charge >= 0.3 is 0 Å². The molecule has 6 rings (SSSR count). The second kappa shape index (κ2) is 11.8. The molecule has 2 aliphatic rings. The molecule has 40 heavy (non-hydrogen) atoms. The van der Waals surface area contributed by atoms with Gasteiger partial charge in [-0.15, -0.1) is 0 Å². The van der Waals surface area contributed by atoms with E-state index in [1.165, 1.54) is 5.56 Å². The summed E-state index contributed by atoms with van der Waals surface area (Å²) in [5.74, 6) is 2.35. The van der Waals surface area contributed by atoms with Crippen LogP contribution in [0.4, 0.5) is 0 Å². The Balaban J connectivity index is 1.07. The van der Waals surface area contributed by atoms with Crippen molar-refractivity contribution in [1.29, 1.82) is 0 Å². The molecule has 4 aromatic rings. The summed E-state index contributed by atoms with van der Waals surface area (Å²) in [4.78, 5) is 20.9. The molecule has 2 heterocycles. The van der Waals surface area contributed by atoms with Gasteiger partial charge in [0.2, 0.25) is 0 Å². The van der Waals surface area contributed by atoms with E-state index < -0.39 is 0 Å². The third-order valence-electron chi connectivity index (χ3n) is 8.68. The standard InChI is InChI=1S/C35H38N2O3/c1-24(31-13-12-27-10-6-7-11-32(27)36-31)23-40-34-21-30-28(20-33(34)39-2)19-29(35(30)38)18-25-14-16-37(17-15-25)22-26-8-4-3-5-9-26/h3-13,20-21,24-25,29H,14-19,22-23H2,1-2H3. The summed E-state index contributed by atoms with van der Waals surface area (Å²) in [6.45, 7) is 5.79. The number of hydrogen-bond acceptors (Lipinski definition) is 5. The van der Waals surface area contributed by atoms with Gasteiger partial charge in [0.1, 0.15) is 0 Å². The first kappa shape index (κ1) is 26.5. The smallest absolute Gasteiger partial charge is 0.166 e. The van der Waals surface area contributed by atoms with Gasteiger partial charge < -0.3 is 9.47 Å². The molecular weight excluding hydrogens is 496 g/mol. The lowest BCUT2D eigenvalue weighted by molar-refractivity contribution is 0.0895. The second-order valence-electron chi connectivity index (χ2n) is 11.5. The van der Waals surface area contributed by atoms with Crippen LogP contribution >= 0.6 is 0 Å². The summed E-state index contributed by atoms with van der Waals surface area (Å²) in [7, 11) is 1.67. The number of aromatic nitrogens is 1. The fourth-order valence-corrected chi connectivity index (χ4v) is 6.32. The highest BCUT2D eigenvalue weighted by molar-refractivity contribution is 6.03. The van der Waals surface area contributed by atoms with E-state index in [1.807, 2.05) is 30.3 Å². The Morgan fingerprint density at radius 2 is 1.73 bits per heavy atom. The van der Waals surface area contributed by atoms with Crippen LogP contribution < -0.4 is 9.47 Å². The molecule has 5 nitrogen and oxygen atoms in total. The van der Waals surface area contributed by atoms with E-state index in [0.29, 0.717) is 24.0 Å². The lowest BCUT2D eigenvalue weighted by atomic mass is 9.85. The Bertz CT molecular complexity index is 1480. The largest absolute Gasteiger partial charge is 0.493 e. The maximum Gasteiger partial charge on any atom is 0.166 e. The molecular formula is C35H38N2O3.